The van der Waals surface area contributed by atoms with E-state index in [9.17, 15) is 9.18 Å². The number of carbonyl (C=O) groups excluding carboxylic acids is 1. The summed E-state index contributed by atoms with van der Waals surface area (Å²) in [4.78, 5) is 20.5. The van der Waals surface area contributed by atoms with Crippen molar-refractivity contribution in [2.75, 3.05) is 7.05 Å². The van der Waals surface area contributed by atoms with E-state index in [0.717, 1.165) is 11.1 Å². The maximum absolute atomic E-state index is 13.3. The highest BCUT2D eigenvalue weighted by atomic mass is 19.1. The largest absolute Gasteiger partial charge is 0.337 e. The van der Waals surface area contributed by atoms with Crippen molar-refractivity contribution >= 4 is 5.91 Å². The lowest BCUT2D eigenvalue weighted by Gasteiger charge is -2.26. The van der Waals surface area contributed by atoms with E-state index in [1.165, 1.54) is 17.1 Å². The van der Waals surface area contributed by atoms with Crippen LogP contribution < -0.4 is 0 Å². The number of rotatable bonds is 6. The number of hydrogen-bond acceptors (Lipinski definition) is 5. The fraction of sp³-hybridized carbons (Fsp3) is 0.227. The molecule has 8 nitrogen and oxygen atoms in total. The van der Waals surface area contributed by atoms with E-state index in [-0.39, 0.29) is 17.8 Å². The van der Waals surface area contributed by atoms with Crippen LogP contribution in [0.1, 0.15) is 22.8 Å². The first-order valence-electron chi connectivity index (χ1n) is 9.81. The van der Waals surface area contributed by atoms with Gasteiger partial charge in [0.05, 0.1) is 48.3 Å². The number of likely N-dealkylation sites (N-methyl/N-ethyl adjacent to an activating group) is 1. The van der Waals surface area contributed by atoms with Crippen LogP contribution in [0.15, 0.2) is 61.3 Å². The van der Waals surface area contributed by atoms with Crippen molar-refractivity contribution in [1.82, 2.24) is 34.7 Å². The molecule has 1 atom stereocenters. The molecule has 1 amide bonds. The molecule has 0 radical (unpaired) electrons. The molecule has 0 N–H and O–H groups in total. The number of halogens is 1. The quantitative estimate of drug-likeness (QED) is 0.480. The third-order valence-corrected chi connectivity index (χ3v) is 5.11. The zero-order valence-corrected chi connectivity index (χ0v) is 17.5. The number of amides is 1. The van der Waals surface area contributed by atoms with Crippen molar-refractivity contribution in [2.24, 2.45) is 0 Å². The highest BCUT2D eigenvalue weighted by Crippen LogP contribution is 2.19. The molecule has 0 aliphatic heterocycles. The van der Waals surface area contributed by atoms with Gasteiger partial charge in [0.25, 0.3) is 5.91 Å². The summed E-state index contributed by atoms with van der Waals surface area (Å²) in [5.41, 5.74) is 3.56. The normalized spacial score (nSPS) is 12.0. The minimum atomic E-state index is -0.384. The van der Waals surface area contributed by atoms with Crippen molar-refractivity contribution in [3.8, 4) is 16.9 Å². The minimum Gasteiger partial charge on any atom is -0.337 e. The van der Waals surface area contributed by atoms with Crippen LogP contribution in [0.4, 0.5) is 4.39 Å². The van der Waals surface area contributed by atoms with Crippen LogP contribution in [0.25, 0.3) is 16.9 Å². The first kappa shape index (κ1) is 20.4. The molecule has 0 aliphatic carbocycles. The Morgan fingerprint density at radius 3 is 2.61 bits per heavy atom. The second-order valence-electron chi connectivity index (χ2n) is 7.42. The molecule has 4 rings (SSSR count). The highest BCUT2D eigenvalue weighted by molar-refractivity contribution is 5.98. The monoisotopic (exact) mass is 419 g/mol. The fourth-order valence-corrected chi connectivity index (χ4v) is 3.26. The number of nitrogens with zero attached hydrogens (tertiary/aromatic N) is 7. The lowest BCUT2D eigenvalue weighted by Crippen LogP contribution is -2.38. The predicted octanol–water partition coefficient (Wildman–Crippen LogP) is 3.13. The van der Waals surface area contributed by atoms with Crippen LogP contribution in [0, 0.1) is 12.7 Å². The summed E-state index contributed by atoms with van der Waals surface area (Å²) >= 11 is 0. The number of hydrogen-bond donors (Lipinski definition) is 0. The number of aryl methyl sites for hydroxylation is 1. The van der Waals surface area contributed by atoms with E-state index in [0.29, 0.717) is 23.5 Å². The average molecular weight is 419 g/mol. The Labute approximate surface area is 179 Å². The van der Waals surface area contributed by atoms with E-state index in [1.54, 1.807) is 41.3 Å². The maximum atomic E-state index is 13.3. The topological polar surface area (TPSA) is 81.7 Å². The summed E-state index contributed by atoms with van der Waals surface area (Å²) in [5.74, 6) is -0.512. The smallest absolute Gasteiger partial charge is 0.256 e. The van der Waals surface area contributed by atoms with Crippen LogP contribution in [0.5, 0.6) is 0 Å². The van der Waals surface area contributed by atoms with Gasteiger partial charge in [0.2, 0.25) is 0 Å². The Bertz CT molecular complexity index is 1190. The van der Waals surface area contributed by atoms with E-state index < -0.39 is 0 Å². The van der Waals surface area contributed by atoms with E-state index in [1.807, 2.05) is 38.2 Å². The molecule has 0 bridgehead atoms. The van der Waals surface area contributed by atoms with Crippen molar-refractivity contribution < 1.29 is 9.18 Å². The molecule has 9 heteroatoms. The van der Waals surface area contributed by atoms with Crippen LogP contribution >= 0.6 is 0 Å². The van der Waals surface area contributed by atoms with Crippen LogP contribution in [-0.4, -0.2) is 53.7 Å². The van der Waals surface area contributed by atoms with Gasteiger partial charge in [-0.25, -0.2) is 4.39 Å². The molecule has 31 heavy (non-hydrogen) atoms. The number of benzene rings is 1. The Kier molecular flexibility index (Phi) is 5.57. The van der Waals surface area contributed by atoms with Crippen molar-refractivity contribution in [3.05, 3.63) is 78.3 Å². The Morgan fingerprint density at radius 2 is 1.90 bits per heavy atom. The summed E-state index contributed by atoms with van der Waals surface area (Å²) in [7, 11) is 1.77. The van der Waals surface area contributed by atoms with Crippen LogP contribution in [0.2, 0.25) is 0 Å². The summed E-state index contributed by atoms with van der Waals surface area (Å²) in [6.45, 7) is 4.39. The molecule has 158 valence electrons. The van der Waals surface area contributed by atoms with E-state index >= 15 is 0 Å². The SMILES string of the molecule is Cc1ccc(-n2nccn2)c(C(=O)N(C)[C@@H](C)Cn2cc(-c3ccc(F)cn3)cn2)c1. The average Bonchev–Trinajstić information content (AvgIpc) is 3.45. The first-order chi connectivity index (χ1) is 14.9. The Morgan fingerprint density at radius 1 is 1.13 bits per heavy atom. The number of pyridine rings is 1. The minimum absolute atomic E-state index is 0.129. The van der Waals surface area contributed by atoms with E-state index in [4.69, 9.17) is 0 Å². The van der Waals surface area contributed by atoms with Gasteiger partial charge in [0.1, 0.15) is 5.82 Å². The highest BCUT2D eigenvalue weighted by Gasteiger charge is 2.22. The Hall–Kier alpha value is -3.88. The standard InChI is InChI=1S/C22H22FN7O/c1-15-4-7-21(30-25-8-9-26-30)19(10-15)22(31)28(3)16(2)13-29-14-17(11-27-29)20-6-5-18(23)12-24-20/h4-12,14,16H,13H2,1-3H3/t16-/m0/s1. The molecule has 4 aromatic rings. The summed E-state index contributed by atoms with van der Waals surface area (Å²) in [6.07, 6.45) is 7.84. The number of carbonyl (C=O) groups is 1. The molecular weight excluding hydrogens is 397 g/mol. The molecule has 0 unspecified atom stereocenters. The van der Waals surface area contributed by atoms with Gasteiger partial charge in [0.15, 0.2) is 0 Å². The number of aromatic nitrogens is 6. The van der Waals surface area contributed by atoms with Gasteiger partial charge in [-0.3, -0.25) is 14.5 Å². The molecule has 0 saturated carbocycles. The molecule has 3 heterocycles. The van der Waals surface area contributed by atoms with Gasteiger partial charge in [0, 0.05) is 24.8 Å². The molecular formula is C22H22FN7O. The van der Waals surface area contributed by atoms with Crippen molar-refractivity contribution in [3.63, 3.8) is 0 Å². The molecule has 1 aromatic carbocycles. The molecule has 0 spiro atoms. The fourth-order valence-electron chi connectivity index (χ4n) is 3.26. The van der Waals surface area contributed by atoms with Gasteiger partial charge in [-0.1, -0.05) is 11.6 Å². The predicted molar refractivity (Wildman–Crippen MR) is 113 cm³/mol. The lowest BCUT2D eigenvalue weighted by molar-refractivity contribution is 0.0727. The van der Waals surface area contributed by atoms with Gasteiger partial charge in [-0.15, -0.1) is 0 Å². The van der Waals surface area contributed by atoms with Crippen LogP contribution in [0.3, 0.4) is 0 Å². The molecule has 0 fully saturated rings. The molecule has 0 aliphatic rings. The molecule has 3 aromatic heterocycles. The Balaban J connectivity index is 1.51. The second kappa shape index (κ2) is 8.47. The second-order valence-corrected chi connectivity index (χ2v) is 7.42. The molecule has 0 saturated heterocycles. The van der Waals surface area contributed by atoms with E-state index in [2.05, 4.69) is 20.3 Å². The van der Waals surface area contributed by atoms with Crippen molar-refractivity contribution in [1.29, 1.82) is 0 Å². The zero-order chi connectivity index (χ0) is 22.0. The summed E-state index contributed by atoms with van der Waals surface area (Å²) in [5, 5.41) is 12.7. The van der Waals surface area contributed by atoms with Gasteiger partial charge in [-0.2, -0.15) is 20.1 Å². The van der Waals surface area contributed by atoms with Gasteiger partial charge in [-0.05, 0) is 38.1 Å². The summed E-state index contributed by atoms with van der Waals surface area (Å²) < 4.78 is 14.8. The van der Waals surface area contributed by atoms with Gasteiger partial charge >= 0.3 is 0 Å². The third-order valence-electron chi connectivity index (χ3n) is 5.11. The lowest BCUT2D eigenvalue weighted by atomic mass is 10.1. The van der Waals surface area contributed by atoms with Gasteiger partial charge < -0.3 is 4.90 Å². The third kappa shape index (κ3) is 4.35. The zero-order valence-electron chi connectivity index (χ0n) is 17.5. The van der Waals surface area contributed by atoms with Crippen molar-refractivity contribution in [2.45, 2.75) is 26.4 Å². The maximum Gasteiger partial charge on any atom is 0.256 e. The first-order valence-corrected chi connectivity index (χ1v) is 9.81. The van der Waals surface area contributed by atoms with Crippen LogP contribution in [-0.2, 0) is 6.54 Å². The summed E-state index contributed by atoms with van der Waals surface area (Å²) in [6, 6.07) is 8.45.